The fourth-order valence-corrected chi connectivity index (χ4v) is 2.63. The molecule has 0 radical (unpaired) electrons. The van der Waals surface area contributed by atoms with Gasteiger partial charge in [-0.1, -0.05) is 24.9 Å². The largest absolute Gasteiger partial charge is 0.406 e. The number of hydrogen-bond acceptors (Lipinski definition) is 5. The smallest absolute Gasteiger partial charge is 0.315 e. The molecule has 1 aromatic heterocycles. The Morgan fingerprint density at radius 1 is 1.28 bits per heavy atom. The fourth-order valence-electron chi connectivity index (χ4n) is 2.63. The Morgan fingerprint density at radius 3 is 2.67 bits per heavy atom. The Kier molecular flexibility index (Phi) is 4.58. The van der Waals surface area contributed by atoms with E-state index in [1.165, 1.54) is 25.7 Å². The van der Waals surface area contributed by atoms with Gasteiger partial charge < -0.3 is 15.1 Å². The molecule has 2 atom stereocenters. The molecule has 1 fully saturated rings. The van der Waals surface area contributed by atoms with Crippen LogP contribution in [0.1, 0.15) is 58.4 Å². The summed E-state index contributed by atoms with van der Waals surface area (Å²) in [5.74, 6) is 1.39. The van der Waals surface area contributed by atoms with Crippen molar-refractivity contribution in [1.29, 1.82) is 0 Å². The Morgan fingerprint density at radius 2 is 2.00 bits per heavy atom. The molecule has 1 aromatic rings. The molecule has 0 aromatic carbocycles. The highest BCUT2D eigenvalue weighted by molar-refractivity contribution is 5.20. The van der Waals surface area contributed by atoms with Gasteiger partial charge in [0.15, 0.2) is 0 Å². The summed E-state index contributed by atoms with van der Waals surface area (Å²) >= 11 is 0. The van der Waals surface area contributed by atoms with Crippen LogP contribution in [-0.2, 0) is 0 Å². The maximum atomic E-state index is 5.63. The maximum Gasteiger partial charge on any atom is 0.315 e. The predicted molar refractivity (Wildman–Crippen MR) is 71.4 cm³/mol. The molecule has 0 spiro atoms. The highest BCUT2D eigenvalue weighted by Gasteiger charge is 2.23. The van der Waals surface area contributed by atoms with Crippen LogP contribution in [0.4, 0.5) is 6.01 Å². The molecule has 1 heterocycles. The summed E-state index contributed by atoms with van der Waals surface area (Å²) in [6.45, 7) is 7.19. The minimum Gasteiger partial charge on any atom is -0.406 e. The third-order valence-corrected chi connectivity index (χ3v) is 3.78. The van der Waals surface area contributed by atoms with Crippen molar-refractivity contribution in [3.05, 3.63) is 5.89 Å². The molecule has 1 aliphatic rings. The molecule has 18 heavy (non-hydrogen) atoms. The molecule has 5 nitrogen and oxygen atoms in total. The summed E-state index contributed by atoms with van der Waals surface area (Å²) in [6, 6.07) is 1.07. The first kappa shape index (κ1) is 13.3. The topological polar surface area (TPSA) is 63.0 Å². The van der Waals surface area contributed by atoms with Crippen LogP contribution in [0, 0.1) is 5.92 Å². The monoisotopic (exact) mass is 252 g/mol. The first-order valence-electron chi connectivity index (χ1n) is 7.04. The van der Waals surface area contributed by atoms with Gasteiger partial charge in [-0.15, -0.1) is 5.10 Å². The molecule has 1 aliphatic carbocycles. The number of anilines is 1. The van der Waals surface area contributed by atoms with E-state index in [9.17, 15) is 0 Å². The van der Waals surface area contributed by atoms with Crippen molar-refractivity contribution < 1.29 is 4.42 Å². The summed E-state index contributed by atoms with van der Waals surface area (Å²) < 4.78 is 5.63. The van der Waals surface area contributed by atoms with Gasteiger partial charge in [0.25, 0.3) is 0 Å². The van der Waals surface area contributed by atoms with Gasteiger partial charge in [0, 0.05) is 6.04 Å². The second kappa shape index (κ2) is 6.18. The van der Waals surface area contributed by atoms with Crippen LogP contribution in [-0.4, -0.2) is 22.8 Å². The standard InChI is InChI=1S/C13H24N4O/c1-4-14-10(3)12-16-17-13(18-12)15-9(2)11-7-5-6-8-11/h9-11,14H,4-8H2,1-3H3,(H,15,17). The Balaban J connectivity index is 1.89. The van der Waals surface area contributed by atoms with Crippen molar-refractivity contribution >= 4 is 6.01 Å². The number of rotatable bonds is 6. The van der Waals surface area contributed by atoms with Crippen molar-refractivity contribution in [2.75, 3.05) is 11.9 Å². The summed E-state index contributed by atoms with van der Waals surface area (Å²) in [5, 5.41) is 14.7. The van der Waals surface area contributed by atoms with Gasteiger partial charge in [-0.05, 0) is 39.2 Å². The average molecular weight is 252 g/mol. The number of aromatic nitrogens is 2. The van der Waals surface area contributed by atoms with Gasteiger partial charge in [-0.25, -0.2) is 0 Å². The Labute approximate surface area is 109 Å². The van der Waals surface area contributed by atoms with E-state index in [1.807, 2.05) is 6.92 Å². The molecule has 2 rings (SSSR count). The van der Waals surface area contributed by atoms with Crippen LogP contribution >= 0.6 is 0 Å². The second-order valence-corrected chi connectivity index (χ2v) is 5.20. The van der Waals surface area contributed by atoms with Crippen molar-refractivity contribution in [3.8, 4) is 0 Å². The lowest BCUT2D eigenvalue weighted by atomic mass is 10.0. The van der Waals surface area contributed by atoms with E-state index in [-0.39, 0.29) is 6.04 Å². The zero-order valence-corrected chi connectivity index (χ0v) is 11.6. The van der Waals surface area contributed by atoms with E-state index in [4.69, 9.17) is 4.42 Å². The molecule has 2 N–H and O–H groups in total. The van der Waals surface area contributed by atoms with Crippen LogP contribution in [0.3, 0.4) is 0 Å². The molecule has 102 valence electrons. The van der Waals surface area contributed by atoms with E-state index in [2.05, 4.69) is 34.7 Å². The summed E-state index contributed by atoms with van der Waals surface area (Å²) in [4.78, 5) is 0. The van der Waals surface area contributed by atoms with Gasteiger partial charge in [0.2, 0.25) is 5.89 Å². The van der Waals surface area contributed by atoms with Gasteiger partial charge in [0.1, 0.15) is 0 Å². The van der Waals surface area contributed by atoms with E-state index in [0.29, 0.717) is 17.9 Å². The van der Waals surface area contributed by atoms with Crippen LogP contribution in [0.15, 0.2) is 4.42 Å². The van der Waals surface area contributed by atoms with E-state index in [0.717, 1.165) is 12.5 Å². The van der Waals surface area contributed by atoms with Crippen molar-refractivity contribution in [2.45, 2.75) is 58.5 Å². The number of nitrogens with zero attached hydrogens (tertiary/aromatic N) is 2. The zero-order valence-electron chi connectivity index (χ0n) is 11.6. The molecule has 5 heteroatoms. The normalized spacial score (nSPS) is 19.9. The lowest BCUT2D eigenvalue weighted by Gasteiger charge is -2.18. The molecule has 0 bridgehead atoms. The Hall–Kier alpha value is -1.10. The fraction of sp³-hybridized carbons (Fsp3) is 0.846. The molecule has 2 unspecified atom stereocenters. The molecule has 1 saturated carbocycles. The lowest BCUT2D eigenvalue weighted by molar-refractivity contribution is 0.416. The summed E-state index contributed by atoms with van der Waals surface area (Å²) in [7, 11) is 0. The quantitative estimate of drug-likeness (QED) is 0.815. The summed E-state index contributed by atoms with van der Waals surface area (Å²) in [6.07, 6.45) is 5.32. The van der Waals surface area contributed by atoms with Gasteiger partial charge in [0.05, 0.1) is 6.04 Å². The number of nitrogens with one attached hydrogen (secondary N) is 2. The van der Waals surface area contributed by atoms with Crippen molar-refractivity contribution in [3.63, 3.8) is 0 Å². The molecule has 0 saturated heterocycles. The lowest BCUT2D eigenvalue weighted by Crippen LogP contribution is -2.23. The molecule has 0 amide bonds. The van der Waals surface area contributed by atoms with Gasteiger partial charge >= 0.3 is 6.01 Å². The van der Waals surface area contributed by atoms with Crippen molar-refractivity contribution in [1.82, 2.24) is 15.5 Å². The first-order valence-corrected chi connectivity index (χ1v) is 7.04. The highest BCUT2D eigenvalue weighted by Crippen LogP contribution is 2.29. The minimum atomic E-state index is 0.111. The maximum absolute atomic E-state index is 5.63. The SMILES string of the molecule is CCNC(C)c1nnc(NC(C)C2CCCC2)o1. The van der Waals surface area contributed by atoms with Crippen LogP contribution in [0.5, 0.6) is 0 Å². The van der Waals surface area contributed by atoms with Gasteiger partial charge in [-0.2, -0.15) is 0 Å². The Bertz CT molecular complexity index is 360. The predicted octanol–water partition coefficient (Wildman–Crippen LogP) is 2.73. The van der Waals surface area contributed by atoms with E-state index < -0.39 is 0 Å². The van der Waals surface area contributed by atoms with Gasteiger partial charge in [-0.3, -0.25) is 0 Å². The molecular formula is C13H24N4O. The van der Waals surface area contributed by atoms with Crippen LogP contribution in [0.2, 0.25) is 0 Å². The number of hydrogen-bond donors (Lipinski definition) is 2. The second-order valence-electron chi connectivity index (χ2n) is 5.20. The first-order chi connectivity index (χ1) is 8.70. The van der Waals surface area contributed by atoms with Crippen LogP contribution in [0.25, 0.3) is 0 Å². The van der Waals surface area contributed by atoms with E-state index in [1.54, 1.807) is 0 Å². The van der Waals surface area contributed by atoms with E-state index >= 15 is 0 Å². The highest BCUT2D eigenvalue weighted by atomic mass is 16.4. The molecule has 0 aliphatic heterocycles. The zero-order chi connectivity index (χ0) is 13.0. The average Bonchev–Trinajstić information content (AvgIpc) is 2.99. The third kappa shape index (κ3) is 3.22. The summed E-state index contributed by atoms with van der Waals surface area (Å²) in [5.41, 5.74) is 0. The molecular weight excluding hydrogens is 228 g/mol. The van der Waals surface area contributed by atoms with Crippen molar-refractivity contribution in [2.24, 2.45) is 5.92 Å². The van der Waals surface area contributed by atoms with Crippen LogP contribution < -0.4 is 10.6 Å². The minimum absolute atomic E-state index is 0.111. The third-order valence-electron chi connectivity index (χ3n) is 3.78.